The van der Waals surface area contributed by atoms with E-state index < -0.39 is 5.97 Å². The fraction of sp³-hybridized carbons (Fsp3) is 0.571. The van der Waals surface area contributed by atoms with E-state index in [9.17, 15) is 9.90 Å². The van der Waals surface area contributed by atoms with Gasteiger partial charge in [-0.05, 0) is 24.0 Å². The maximum atomic E-state index is 10.9. The molecule has 0 aliphatic rings. The third-order valence-corrected chi connectivity index (χ3v) is 2.92. The smallest absolute Gasteiger partial charge is 0.354 e. The van der Waals surface area contributed by atoms with Crippen LogP contribution < -0.4 is 4.90 Å². The van der Waals surface area contributed by atoms with Gasteiger partial charge in [-0.1, -0.05) is 26.8 Å². The fourth-order valence-electron chi connectivity index (χ4n) is 1.96. The SMILES string of the molecule is CN(c1cccc(C(=O)O)n1)C(CO)CC(C)(C)C. The highest BCUT2D eigenvalue weighted by Gasteiger charge is 2.23. The standard InChI is InChI=1S/C14H22N2O3/c1-14(2,3)8-10(9-17)16(4)12-7-5-6-11(15-12)13(18)19/h5-7,10,17H,8-9H2,1-4H3,(H,18,19). The third-order valence-electron chi connectivity index (χ3n) is 2.92. The minimum atomic E-state index is -1.05. The normalized spacial score (nSPS) is 13.1. The summed E-state index contributed by atoms with van der Waals surface area (Å²) in [5.74, 6) is -0.491. The Morgan fingerprint density at radius 1 is 1.42 bits per heavy atom. The molecular weight excluding hydrogens is 244 g/mol. The lowest BCUT2D eigenvalue weighted by atomic mass is 9.88. The molecule has 0 bridgehead atoms. The number of anilines is 1. The number of pyridine rings is 1. The number of aromatic nitrogens is 1. The summed E-state index contributed by atoms with van der Waals surface area (Å²) in [5.41, 5.74) is 0.0864. The predicted molar refractivity (Wildman–Crippen MR) is 74.5 cm³/mol. The number of aromatic carboxylic acids is 1. The monoisotopic (exact) mass is 266 g/mol. The Balaban J connectivity index is 2.94. The first-order valence-electron chi connectivity index (χ1n) is 6.28. The Bertz CT molecular complexity index is 441. The number of carboxylic acid groups (broad SMARTS) is 1. The first-order valence-corrected chi connectivity index (χ1v) is 6.28. The summed E-state index contributed by atoms with van der Waals surface area (Å²) in [7, 11) is 1.82. The van der Waals surface area contributed by atoms with Crippen LogP contribution >= 0.6 is 0 Å². The van der Waals surface area contributed by atoms with E-state index in [1.54, 1.807) is 12.1 Å². The van der Waals surface area contributed by atoms with E-state index >= 15 is 0 Å². The largest absolute Gasteiger partial charge is 0.477 e. The predicted octanol–water partition coefficient (Wildman–Crippen LogP) is 2.01. The van der Waals surface area contributed by atoms with E-state index in [1.165, 1.54) is 6.07 Å². The van der Waals surface area contributed by atoms with E-state index in [4.69, 9.17) is 5.11 Å². The second-order valence-corrected chi connectivity index (χ2v) is 5.90. The second kappa shape index (κ2) is 6.02. The number of likely N-dealkylation sites (N-methyl/N-ethyl adjacent to an activating group) is 1. The van der Waals surface area contributed by atoms with Gasteiger partial charge >= 0.3 is 5.97 Å². The van der Waals surface area contributed by atoms with Crippen molar-refractivity contribution < 1.29 is 15.0 Å². The second-order valence-electron chi connectivity index (χ2n) is 5.90. The van der Waals surface area contributed by atoms with E-state index in [0.717, 1.165) is 6.42 Å². The van der Waals surface area contributed by atoms with Crippen LogP contribution in [-0.2, 0) is 0 Å². The van der Waals surface area contributed by atoms with Gasteiger partial charge in [-0.3, -0.25) is 0 Å². The zero-order valence-corrected chi connectivity index (χ0v) is 11.9. The molecule has 1 aromatic heterocycles. The van der Waals surface area contributed by atoms with Crippen LogP contribution in [0.3, 0.4) is 0 Å². The Morgan fingerprint density at radius 3 is 2.53 bits per heavy atom. The molecule has 0 saturated heterocycles. The first kappa shape index (κ1) is 15.4. The zero-order valence-electron chi connectivity index (χ0n) is 11.9. The molecule has 5 nitrogen and oxygen atoms in total. The number of hydrogen-bond acceptors (Lipinski definition) is 4. The lowest BCUT2D eigenvalue weighted by Crippen LogP contribution is -2.38. The maximum Gasteiger partial charge on any atom is 0.354 e. The topological polar surface area (TPSA) is 73.7 Å². The highest BCUT2D eigenvalue weighted by molar-refractivity contribution is 5.85. The summed E-state index contributed by atoms with van der Waals surface area (Å²) in [6, 6.07) is 4.78. The number of rotatable bonds is 5. The van der Waals surface area contributed by atoms with Gasteiger partial charge in [-0.2, -0.15) is 0 Å². The lowest BCUT2D eigenvalue weighted by molar-refractivity contribution is 0.0690. The van der Waals surface area contributed by atoms with Gasteiger partial charge in [0.05, 0.1) is 12.6 Å². The third kappa shape index (κ3) is 4.52. The van der Waals surface area contributed by atoms with Gasteiger partial charge in [0.15, 0.2) is 5.69 Å². The van der Waals surface area contributed by atoms with Crippen molar-refractivity contribution in [2.75, 3.05) is 18.6 Å². The quantitative estimate of drug-likeness (QED) is 0.853. The molecule has 0 fully saturated rings. The van der Waals surface area contributed by atoms with E-state index in [2.05, 4.69) is 25.8 Å². The minimum Gasteiger partial charge on any atom is -0.477 e. The van der Waals surface area contributed by atoms with Crippen LogP contribution in [-0.4, -0.2) is 40.9 Å². The summed E-state index contributed by atoms with van der Waals surface area (Å²) < 4.78 is 0. The molecule has 0 aliphatic heterocycles. The molecule has 1 rings (SSSR count). The molecule has 1 unspecified atom stereocenters. The highest BCUT2D eigenvalue weighted by atomic mass is 16.4. The van der Waals surface area contributed by atoms with Crippen LogP contribution in [0.2, 0.25) is 0 Å². The van der Waals surface area contributed by atoms with E-state index in [1.807, 2.05) is 11.9 Å². The van der Waals surface area contributed by atoms with Crippen LogP contribution in [0, 0.1) is 5.41 Å². The molecule has 5 heteroatoms. The van der Waals surface area contributed by atoms with Crippen molar-refractivity contribution in [3.8, 4) is 0 Å². The summed E-state index contributed by atoms with van der Waals surface area (Å²) >= 11 is 0. The van der Waals surface area contributed by atoms with Gasteiger partial charge < -0.3 is 15.1 Å². The van der Waals surface area contributed by atoms with E-state index in [0.29, 0.717) is 5.82 Å². The summed E-state index contributed by atoms with van der Waals surface area (Å²) in [6.45, 7) is 6.31. The van der Waals surface area contributed by atoms with Gasteiger partial charge in [0.25, 0.3) is 0 Å². The number of carbonyl (C=O) groups is 1. The van der Waals surface area contributed by atoms with Crippen molar-refractivity contribution in [1.29, 1.82) is 0 Å². The summed E-state index contributed by atoms with van der Waals surface area (Å²) in [6.07, 6.45) is 0.791. The molecule has 1 heterocycles. The average Bonchev–Trinajstić information content (AvgIpc) is 2.34. The molecule has 0 aromatic carbocycles. The minimum absolute atomic E-state index is 0.00670. The van der Waals surface area contributed by atoms with Gasteiger partial charge in [0, 0.05) is 7.05 Å². The molecule has 19 heavy (non-hydrogen) atoms. The van der Waals surface area contributed by atoms with Crippen molar-refractivity contribution in [2.45, 2.75) is 33.2 Å². The molecule has 2 N–H and O–H groups in total. The molecule has 0 saturated carbocycles. The van der Waals surface area contributed by atoms with Crippen molar-refractivity contribution in [3.63, 3.8) is 0 Å². The molecule has 0 amide bonds. The molecule has 106 valence electrons. The van der Waals surface area contributed by atoms with Gasteiger partial charge in [0.1, 0.15) is 5.82 Å². The number of aliphatic hydroxyl groups excluding tert-OH is 1. The van der Waals surface area contributed by atoms with E-state index in [-0.39, 0.29) is 23.8 Å². The zero-order chi connectivity index (χ0) is 14.6. The molecule has 1 aromatic rings. The number of carboxylic acids is 1. The Kier molecular flexibility index (Phi) is 4.89. The number of aliphatic hydroxyl groups is 1. The summed E-state index contributed by atoms with van der Waals surface area (Å²) in [4.78, 5) is 16.8. The van der Waals surface area contributed by atoms with Crippen LogP contribution in [0.5, 0.6) is 0 Å². The van der Waals surface area contributed by atoms with Gasteiger partial charge in [-0.15, -0.1) is 0 Å². The van der Waals surface area contributed by atoms with Gasteiger partial charge in [-0.25, -0.2) is 9.78 Å². The molecule has 0 radical (unpaired) electrons. The average molecular weight is 266 g/mol. The Hall–Kier alpha value is -1.62. The molecule has 1 atom stereocenters. The first-order chi connectivity index (χ1) is 8.74. The molecular formula is C14H22N2O3. The van der Waals surface area contributed by atoms with Crippen molar-refractivity contribution >= 4 is 11.8 Å². The van der Waals surface area contributed by atoms with Crippen molar-refractivity contribution in [2.24, 2.45) is 5.41 Å². The van der Waals surface area contributed by atoms with Crippen LogP contribution in [0.25, 0.3) is 0 Å². The highest BCUT2D eigenvalue weighted by Crippen LogP contribution is 2.25. The Labute approximate surface area is 113 Å². The van der Waals surface area contributed by atoms with Crippen molar-refractivity contribution in [1.82, 2.24) is 4.98 Å². The number of hydrogen-bond donors (Lipinski definition) is 2. The maximum absolute atomic E-state index is 10.9. The fourth-order valence-corrected chi connectivity index (χ4v) is 1.96. The number of nitrogens with zero attached hydrogens (tertiary/aromatic N) is 2. The molecule has 0 spiro atoms. The Morgan fingerprint density at radius 2 is 2.05 bits per heavy atom. The van der Waals surface area contributed by atoms with Crippen LogP contribution in [0.1, 0.15) is 37.7 Å². The van der Waals surface area contributed by atoms with Gasteiger partial charge in [0.2, 0.25) is 0 Å². The lowest BCUT2D eigenvalue weighted by Gasteiger charge is -2.32. The van der Waals surface area contributed by atoms with Crippen LogP contribution in [0.4, 0.5) is 5.82 Å². The molecule has 0 aliphatic carbocycles. The summed E-state index contributed by atoms with van der Waals surface area (Å²) in [5, 5.41) is 18.5. The van der Waals surface area contributed by atoms with Crippen molar-refractivity contribution in [3.05, 3.63) is 23.9 Å². The van der Waals surface area contributed by atoms with Crippen LogP contribution in [0.15, 0.2) is 18.2 Å².